The van der Waals surface area contributed by atoms with Crippen molar-refractivity contribution in [2.24, 2.45) is 17.8 Å². The van der Waals surface area contributed by atoms with E-state index >= 15 is 0 Å². The van der Waals surface area contributed by atoms with Gasteiger partial charge in [0.05, 0.1) is 12.5 Å². The monoisotopic (exact) mass is 267 g/mol. The summed E-state index contributed by atoms with van der Waals surface area (Å²) in [6.07, 6.45) is 0.779. The molecular formula is C13H21N3O3. The molecule has 1 N–H and O–H groups in total. The Kier molecular flexibility index (Phi) is 4.19. The Morgan fingerprint density at radius 1 is 1.53 bits per heavy atom. The molecule has 0 radical (unpaired) electrons. The molecule has 0 aliphatic carbocycles. The standard InChI is InChI=1S/C13H21N3O3/c1-8(2)4-12-14-11(15-19-12)7-16-5-9(3)10(6-16)13(17)18/h8-10H,4-7H2,1-3H3,(H,17,18)/t9-,10-/m1/s1. The van der Waals surface area contributed by atoms with Gasteiger partial charge in [0, 0.05) is 19.5 Å². The van der Waals surface area contributed by atoms with Crippen molar-refractivity contribution in [3.63, 3.8) is 0 Å². The van der Waals surface area contributed by atoms with Gasteiger partial charge in [-0.3, -0.25) is 9.69 Å². The number of carboxylic acids is 1. The van der Waals surface area contributed by atoms with Gasteiger partial charge >= 0.3 is 5.97 Å². The molecule has 2 heterocycles. The number of hydrogen-bond acceptors (Lipinski definition) is 5. The summed E-state index contributed by atoms with van der Waals surface area (Å²) in [6.45, 7) is 8.07. The van der Waals surface area contributed by atoms with Crippen molar-refractivity contribution in [2.45, 2.75) is 33.7 Å². The van der Waals surface area contributed by atoms with Gasteiger partial charge in [-0.2, -0.15) is 4.98 Å². The van der Waals surface area contributed by atoms with Crippen LogP contribution in [0.5, 0.6) is 0 Å². The van der Waals surface area contributed by atoms with E-state index in [-0.39, 0.29) is 11.8 Å². The average molecular weight is 267 g/mol. The Morgan fingerprint density at radius 3 is 2.84 bits per heavy atom. The first-order valence-electron chi connectivity index (χ1n) is 6.72. The van der Waals surface area contributed by atoms with E-state index < -0.39 is 5.97 Å². The van der Waals surface area contributed by atoms with Crippen LogP contribution in [0.2, 0.25) is 0 Å². The molecule has 1 saturated heterocycles. The Bertz CT molecular complexity index is 444. The highest BCUT2D eigenvalue weighted by atomic mass is 16.5. The van der Waals surface area contributed by atoms with Crippen LogP contribution in [0.4, 0.5) is 0 Å². The minimum absolute atomic E-state index is 0.166. The summed E-state index contributed by atoms with van der Waals surface area (Å²) >= 11 is 0. The third-order valence-corrected chi connectivity index (χ3v) is 3.46. The zero-order chi connectivity index (χ0) is 14.0. The molecule has 1 aliphatic rings. The molecule has 2 rings (SSSR count). The number of aliphatic carboxylic acids is 1. The molecule has 1 aliphatic heterocycles. The normalized spacial score (nSPS) is 24.2. The van der Waals surface area contributed by atoms with Crippen LogP contribution in [-0.4, -0.2) is 39.2 Å². The fourth-order valence-electron chi connectivity index (χ4n) is 2.50. The summed E-state index contributed by atoms with van der Waals surface area (Å²) in [5.74, 6) is 0.947. The maximum Gasteiger partial charge on any atom is 0.308 e. The van der Waals surface area contributed by atoms with Gasteiger partial charge in [-0.05, 0) is 11.8 Å². The second-order valence-electron chi connectivity index (χ2n) is 5.82. The van der Waals surface area contributed by atoms with Crippen molar-refractivity contribution in [1.82, 2.24) is 15.0 Å². The Morgan fingerprint density at radius 2 is 2.26 bits per heavy atom. The van der Waals surface area contributed by atoms with Crippen LogP contribution in [0.3, 0.4) is 0 Å². The van der Waals surface area contributed by atoms with Crippen LogP contribution >= 0.6 is 0 Å². The molecule has 6 nitrogen and oxygen atoms in total. The van der Waals surface area contributed by atoms with Crippen LogP contribution in [0.15, 0.2) is 4.52 Å². The number of carboxylic acid groups (broad SMARTS) is 1. The predicted molar refractivity (Wildman–Crippen MR) is 68.4 cm³/mol. The number of nitrogens with zero attached hydrogens (tertiary/aromatic N) is 3. The van der Waals surface area contributed by atoms with E-state index in [0.717, 1.165) is 13.0 Å². The predicted octanol–water partition coefficient (Wildman–Crippen LogP) is 1.42. The summed E-state index contributed by atoms with van der Waals surface area (Å²) in [7, 11) is 0. The van der Waals surface area contributed by atoms with Crippen molar-refractivity contribution in [3.8, 4) is 0 Å². The van der Waals surface area contributed by atoms with Gasteiger partial charge in [0.25, 0.3) is 0 Å². The molecule has 1 aromatic heterocycles. The Hall–Kier alpha value is -1.43. The van der Waals surface area contributed by atoms with E-state index in [0.29, 0.717) is 30.7 Å². The minimum atomic E-state index is -0.719. The van der Waals surface area contributed by atoms with E-state index in [1.54, 1.807) is 0 Å². The van der Waals surface area contributed by atoms with E-state index in [9.17, 15) is 4.79 Å². The summed E-state index contributed by atoms with van der Waals surface area (Å²) < 4.78 is 5.18. The van der Waals surface area contributed by atoms with Gasteiger partial charge < -0.3 is 9.63 Å². The maximum atomic E-state index is 11.1. The molecule has 106 valence electrons. The number of aromatic nitrogens is 2. The van der Waals surface area contributed by atoms with E-state index in [1.807, 2.05) is 6.92 Å². The number of carbonyl (C=O) groups is 1. The lowest BCUT2D eigenvalue weighted by Crippen LogP contribution is -2.23. The smallest absolute Gasteiger partial charge is 0.308 e. The second-order valence-corrected chi connectivity index (χ2v) is 5.82. The first-order valence-corrected chi connectivity index (χ1v) is 6.72. The summed E-state index contributed by atoms with van der Waals surface area (Å²) in [5.41, 5.74) is 0. The lowest BCUT2D eigenvalue weighted by atomic mass is 9.99. The van der Waals surface area contributed by atoms with Crippen LogP contribution in [-0.2, 0) is 17.8 Å². The van der Waals surface area contributed by atoms with Crippen LogP contribution in [0, 0.1) is 17.8 Å². The van der Waals surface area contributed by atoms with Gasteiger partial charge in [-0.1, -0.05) is 25.9 Å². The fraction of sp³-hybridized carbons (Fsp3) is 0.769. The van der Waals surface area contributed by atoms with Gasteiger partial charge in [0.15, 0.2) is 5.82 Å². The number of likely N-dealkylation sites (tertiary alicyclic amines) is 1. The molecule has 0 unspecified atom stereocenters. The molecule has 0 aromatic carbocycles. The van der Waals surface area contributed by atoms with Gasteiger partial charge in [0.2, 0.25) is 5.89 Å². The molecule has 1 aromatic rings. The highest BCUT2D eigenvalue weighted by molar-refractivity contribution is 5.71. The van der Waals surface area contributed by atoms with Crippen molar-refractivity contribution in [1.29, 1.82) is 0 Å². The summed E-state index contributed by atoms with van der Waals surface area (Å²) in [6, 6.07) is 0. The first kappa shape index (κ1) is 14.0. The average Bonchev–Trinajstić information content (AvgIpc) is 2.85. The van der Waals surface area contributed by atoms with Crippen LogP contribution in [0.1, 0.15) is 32.5 Å². The van der Waals surface area contributed by atoms with Crippen LogP contribution in [0.25, 0.3) is 0 Å². The van der Waals surface area contributed by atoms with E-state index in [4.69, 9.17) is 9.63 Å². The maximum absolute atomic E-state index is 11.1. The molecular weight excluding hydrogens is 246 g/mol. The highest BCUT2D eigenvalue weighted by Crippen LogP contribution is 2.24. The van der Waals surface area contributed by atoms with Crippen molar-refractivity contribution in [2.75, 3.05) is 13.1 Å². The quantitative estimate of drug-likeness (QED) is 0.869. The zero-order valence-electron chi connectivity index (χ0n) is 11.7. The minimum Gasteiger partial charge on any atom is -0.481 e. The molecule has 0 amide bonds. The Labute approximate surface area is 112 Å². The van der Waals surface area contributed by atoms with Crippen molar-refractivity contribution >= 4 is 5.97 Å². The van der Waals surface area contributed by atoms with E-state index in [2.05, 4.69) is 28.9 Å². The molecule has 6 heteroatoms. The first-order chi connectivity index (χ1) is 8.95. The number of rotatable bonds is 5. The molecule has 0 saturated carbocycles. The van der Waals surface area contributed by atoms with E-state index in [1.165, 1.54) is 0 Å². The zero-order valence-corrected chi connectivity index (χ0v) is 11.7. The topological polar surface area (TPSA) is 79.5 Å². The lowest BCUT2D eigenvalue weighted by Gasteiger charge is -2.11. The SMILES string of the molecule is CC(C)Cc1nc(CN2C[C@@H](C)[C@H](C(=O)O)C2)no1. The van der Waals surface area contributed by atoms with Gasteiger partial charge in [0.1, 0.15) is 0 Å². The highest BCUT2D eigenvalue weighted by Gasteiger charge is 2.35. The van der Waals surface area contributed by atoms with Crippen molar-refractivity contribution in [3.05, 3.63) is 11.7 Å². The lowest BCUT2D eigenvalue weighted by molar-refractivity contribution is -0.142. The Balaban J connectivity index is 1.92. The van der Waals surface area contributed by atoms with Gasteiger partial charge in [-0.15, -0.1) is 0 Å². The second kappa shape index (κ2) is 5.69. The summed E-state index contributed by atoms with van der Waals surface area (Å²) in [5, 5.41) is 13.0. The third-order valence-electron chi connectivity index (χ3n) is 3.46. The molecule has 0 bridgehead atoms. The molecule has 2 atom stereocenters. The van der Waals surface area contributed by atoms with Gasteiger partial charge in [-0.25, -0.2) is 0 Å². The largest absolute Gasteiger partial charge is 0.481 e. The summed E-state index contributed by atoms with van der Waals surface area (Å²) in [4.78, 5) is 17.5. The fourth-order valence-corrected chi connectivity index (χ4v) is 2.50. The molecule has 19 heavy (non-hydrogen) atoms. The third kappa shape index (κ3) is 3.53. The van der Waals surface area contributed by atoms with Crippen molar-refractivity contribution < 1.29 is 14.4 Å². The molecule has 1 fully saturated rings. The van der Waals surface area contributed by atoms with Crippen LogP contribution < -0.4 is 0 Å². The molecule has 0 spiro atoms. The number of hydrogen-bond donors (Lipinski definition) is 1.